The fraction of sp³-hybridized carbons (Fsp3) is 0.167. The molecule has 3 rings (SSSR count). The average Bonchev–Trinajstić information content (AvgIpc) is 2.58. The highest BCUT2D eigenvalue weighted by molar-refractivity contribution is 6.41. The second-order valence-corrected chi connectivity index (χ2v) is 6.14. The molecular weight excluding hydrogens is 345 g/mol. The molecule has 0 atom stereocenters. The number of halogens is 2. The third kappa shape index (κ3) is 2.56. The lowest BCUT2D eigenvalue weighted by Gasteiger charge is -2.15. The van der Waals surface area contributed by atoms with Gasteiger partial charge in [0.25, 0.3) is 0 Å². The zero-order valence-electron chi connectivity index (χ0n) is 13.3. The molecule has 2 aromatic carbocycles. The maximum Gasteiger partial charge on any atom is 0.138 e. The first-order valence-electron chi connectivity index (χ1n) is 7.17. The van der Waals surface area contributed by atoms with Crippen LogP contribution in [0.2, 0.25) is 10.0 Å². The topological polar surface area (TPSA) is 58.8 Å². The quantitative estimate of drug-likeness (QED) is 0.639. The monoisotopic (exact) mass is 357 g/mol. The van der Waals surface area contributed by atoms with Gasteiger partial charge in [0.05, 0.1) is 33.9 Å². The molecule has 0 spiro atoms. The first kappa shape index (κ1) is 16.5. The number of nitrogens with zero attached hydrogens (tertiary/aromatic N) is 3. The summed E-state index contributed by atoms with van der Waals surface area (Å²) in [6, 6.07) is 7.42. The minimum atomic E-state index is 0.405. The van der Waals surface area contributed by atoms with Crippen LogP contribution in [0.15, 0.2) is 24.4 Å². The summed E-state index contributed by atoms with van der Waals surface area (Å²) in [5, 5.41) is 10.2. The molecule has 0 unspecified atom stereocenters. The maximum atomic E-state index is 9.31. The predicted molar refractivity (Wildman–Crippen MR) is 95.7 cm³/mol. The number of hydrogen-bond acceptors (Lipinski definition) is 4. The molecule has 24 heavy (non-hydrogen) atoms. The molecule has 0 bridgehead atoms. The van der Waals surface area contributed by atoms with Crippen LogP contribution in [0.1, 0.15) is 16.8 Å². The van der Waals surface area contributed by atoms with E-state index in [9.17, 15) is 5.26 Å². The highest BCUT2D eigenvalue weighted by Crippen LogP contribution is 2.44. The van der Waals surface area contributed by atoms with E-state index < -0.39 is 0 Å². The van der Waals surface area contributed by atoms with Gasteiger partial charge in [-0.25, -0.2) is 4.98 Å². The predicted octanol–water partition coefficient (Wildman–Crippen LogP) is 5.10. The first-order chi connectivity index (χ1) is 11.5. The molecule has 3 aromatic rings. The lowest BCUT2D eigenvalue weighted by atomic mass is 9.99. The molecule has 0 N–H and O–H groups in total. The summed E-state index contributed by atoms with van der Waals surface area (Å²) in [6.07, 6.45) is 1.63. The molecule has 1 heterocycles. The Balaban J connectivity index is 2.47. The Morgan fingerprint density at radius 2 is 1.88 bits per heavy atom. The van der Waals surface area contributed by atoms with Crippen molar-refractivity contribution in [3.8, 4) is 22.9 Å². The average molecular weight is 358 g/mol. The Bertz CT molecular complexity index is 1010. The number of aryl methyl sites for hydroxylation is 2. The van der Waals surface area contributed by atoms with Crippen molar-refractivity contribution in [3.63, 3.8) is 0 Å². The van der Waals surface area contributed by atoms with E-state index in [1.807, 2.05) is 13.8 Å². The zero-order valence-corrected chi connectivity index (χ0v) is 14.8. The molecule has 0 aliphatic rings. The Morgan fingerprint density at radius 1 is 1.12 bits per heavy atom. The van der Waals surface area contributed by atoms with Gasteiger partial charge in [0, 0.05) is 17.3 Å². The van der Waals surface area contributed by atoms with E-state index in [1.165, 1.54) is 0 Å². The van der Waals surface area contributed by atoms with Crippen LogP contribution in [0, 0.1) is 25.2 Å². The van der Waals surface area contributed by atoms with Crippen molar-refractivity contribution in [1.29, 1.82) is 5.26 Å². The highest BCUT2D eigenvalue weighted by atomic mass is 35.5. The van der Waals surface area contributed by atoms with E-state index in [2.05, 4.69) is 16.0 Å². The van der Waals surface area contributed by atoms with Gasteiger partial charge in [-0.15, -0.1) is 0 Å². The first-order valence-corrected chi connectivity index (χ1v) is 7.93. The fourth-order valence-electron chi connectivity index (χ4n) is 2.60. The number of ether oxygens (including phenoxy) is 1. The van der Waals surface area contributed by atoms with Crippen molar-refractivity contribution in [1.82, 2.24) is 9.97 Å². The molecule has 0 amide bonds. The van der Waals surface area contributed by atoms with Gasteiger partial charge < -0.3 is 4.74 Å². The van der Waals surface area contributed by atoms with Gasteiger partial charge >= 0.3 is 0 Å². The molecule has 0 fully saturated rings. The maximum absolute atomic E-state index is 9.31. The van der Waals surface area contributed by atoms with Crippen LogP contribution in [-0.2, 0) is 0 Å². The number of fused-ring (bicyclic) bond motifs is 1. The summed E-state index contributed by atoms with van der Waals surface area (Å²) < 4.78 is 5.34. The second-order valence-electron chi connectivity index (χ2n) is 5.38. The van der Waals surface area contributed by atoms with Crippen molar-refractivity contribution in [2.24, 2.45) is 0 Å². The van der Waals surface area contributed by atoms with Gasteiger partial charge in [0.15, 0.2) is 0 Å². The van der Waals surface area contributed by atoms with Gasteiger partial charge in [-0.3, -0.25) is 4.98 Å². The molecule has 0 saturated carbocycles. The van der Waals surface area contributed by atoms with E-state index in [0.717, 1.165) is 16.8 Å². The lowest BCUT2D eigenvalue weighted by Crippen LogP contribution is -1.96. The largest absolute Gasteiger partial charge is 0.495 e. The summed E-state index contributed by atoms with van der Waals surface area (Å²) in [5.41, 5.74) is 4.49. The summed E-state index contributed by atoms with van der Waals surface area (Å²) >= 11 is 13.0. The van der Waals surface area contributed by atoms with Crippen molar-refractivity contribution in [2.75, 3.05) is 7.11 Å². The van der Waals surface area contributed by atoms with Crippen molar-refractivity contribution < 1.29 is 4.74 Å². The Hall–Kier alpha value is -2.35. The lowest BCUT2D eigenvalue weighted by molar-refractivity contribution is 0.415. The normalized spacial score (nSPS) is 10.7. The van der Waals surface area contributed by atoms with Gasteiger partial charge in [0.2, 0.25) is 0 Å². The molecule has 0 saturated heterocycles. The van der Waals surface area contributed by atoms with E-state index >= 15 is 0 Å². The van der Waals surface area contributed by atoms with Crippen LogP contribution in [0.3, 0.4) is 0 Å². The Labute approximate surface area is 149 Å². The summed E-state index contributed by atoms with van der Waals surface area (Å²) in [4.78, 5) is 8.92. The third-order valence-corrected chi connectivity index (χ3v) is 4.64. The summed E-state index contributed by atoms with van der Waals surface area (Å²) in [5.74, 6) is 0.534. The minimum absolute atomic E-state index is 0.405. The minimum Gasteiger partial charge on any atom is -0.495 e. The molecule has 0 aliphatic carbocycles. The van der Waals surface area contributed by atoms with Gasteiger partial charge in [-0.05, 0) is 31.5 Å². The number of benzene rings is 2. The zero-order chi connectivity index (χ0) is 17.4. The van der Waals surface area contributed by atoms with Crippen LogP contribution in [0.25, 0.3) is 22.2 Å². The summed E-state index contributed by atoms with van der Waals surface area (Å²) in [7, 11) is 1.55. The summed E-state index contributed by atoms with van der Waals surface area (Å²) in [6.45, 7) is 3.72. The molecule has 1 aromatic heterocycles. The van der Waals surface area contributed by atoms with E-state index in [-0.39, 0.29) is 0 Å². The Morgan fingerprint density at radius 3 is 2.54 bits per heavy atom. The number of rotatable bonds is 2. The molecule has 4 nitrogen and oxygen atoms in total. The number of hydrogen-bond donors (Lipinski definition) is 0. The van der Waals surface area contributed by atoms with Crippen molar-refractivity contribution in [2.45, 2.75) is 13.8 Å². The van der Waals surface area contributed by atoms with Gasteiger partial charge in [-0.1, -0.05) is 29.3 Å². The number of methoxy groups -OCH3 is 1. The fourth-order valence-corrected chi connectivity index (χ4v) is 3.23. The molecule has 6 heteroatoms. The van der Waals surface area contributed by atoms with E-state index in [0.29, 0.717) is 38.0 Å². The highest BCUT2D eigenvalue weighted by Gasteiger charge is 2.20. The van der Waals surface area contributed by atoms with Crippen LogP contribution in [-0.4, -0.2) is 17.1 Å². The molecular formula is C18H13Cl2N3O. The van der Waals surface area contributed by atoms with E-state index in [4.69, 9.17) is 27.9 Å². The number of aromatic nitrogens is 2. The third-order valence-electron chi connectivity index (χ3n) is 3.78. The second kappa shape index (κ2) is 6.27. The van der Waals surface area contributed by atoms with Crippen LogP contribution >= 0.6 is 23.2 Å². The van der Waals surface area contributed by atoms with Crippen LogP contribution in [0.4, 0.5) is 0 Å². The van der Waals surface area contributed by atoms with Crippen LogP contribution in [0.5, 0.6) is 5.75 Å². The Kier molecular flexibility index (Phi) is 4.31. The van der Waals surface area contributed by atoms with Crippen LogP contribution < -0.4 is 4.74 Å². The standard InChI is InChI=1S/C18H13Cl2N3O/c1-9-6-13(24-3)16(20)14(15(9)19)12-5-4-11(7-21)17-18(12)23-10(2)8-22-17/h4-6,8H,1-3H3. The van der Waals surface area contributed by atoms with E-state index in [1.54, 1.807) is 31.5 Å². The van der Waals surface area contributed by atoms with Crippen molar-refractivity contribution in [3.05, 3.63) is 51.3 Å². The SMILES string of the molecule is COc1cc(C)c(Cl)c(-c2ccc(C#N)c3ncc(C)nc23)c1Cl. The molecule has 0 aliphatic heterocycles. The molecule has 0 radical (unpaired) electrons. The van der Waals surface area contributed by atoms with Crippen molar-refractivity contribution >= 4 is 34.2 Å². The smallest absolute Gasteiger partial charge is 0.138 e. The molecule has 120 valence electrons. The van der Waals surface area contributed by atoms with Gasteiger partial charge in [0.1, 0.15) is 17.3 Å². The number of nitriles is 1. The van der Waals surface area contributed by atoms with Gasteiger partial charge in [-0.2, -0.15) is 5.26 Å².